The van der Waals surface area contributed by atoms with E-state index in [4.69, 9.17) is 4.74 Å². The number of imide groups is 1. The smallest absolute Gasteiger partial charge is 0.346 e. The van der Waals surface area contributed by atoms with Crippen molar-refractivity contribution in [3.63, 3.8) is 0 Å². The predicted octanol–water partition coefficient (Wildman–Crippen LogP) is 2.22. The van der Waals surface area contributed by atoms with Gasteiger partial charge in [0.25, 0.3) is 5.91 Å². The predicted molar refractivity (Wildman–Crippen MR) is 84.0 cm³/mol. The number of methoxy groups -OCH3 is 1. The summed E-state index contributed by atoms with van der Waals surface area (Å²) in [5.74, 6) is -0.180. The fraction of sp³-hybridized carbons (Fsp3) is 0.357. The first-order valence-electron chi connectivity index (χ1n) is 6.59. The molecular weight excluding hydrogens is 354 g/mol. The molecule has 1 atom stereocenters. The Morgan fingerprint density at radius 2 is 2.18 bits per heavy atom. The average Bonchev–Trinajstić information content (AvgIpc) is 2.71. The van der Waals surface area contributed by atoms with E-state index < -0.39 is 17.5 Å². The number of urea groups is 1. The summed E-state index contributed by atoms with van der Waals surface area (Å²) in [7, 11) is 1.42. The number of aromatic hydroxyl groups is 1. The van der Waals surface area contributed by atoms with Gasteiger partial charge in [0.2, 0.25) is 0 Å². The highest BCUT2D eigenvalue weighted by atomic mass is 79.9. The van der Waals surface area contributed by atoms with Crippen LogP contribution >= 0.6 is 15.9 Å². The third kappa shape index (κ3) is 2.78. The number of nitrogens with zero attached hydrogens (tertiary/aromatic N) is 2. The van der Waals surface area contributed by atoms with Gasteiger partial charge < -0.3 is 15.2 Å². The van der Waals surface area contributed by atoms with Crippen molar-refractivity contribution < 1.29 is 19.4 Å². The lowest BCUT2D eigenvalue weighted by molar-refractivity contribution is -0.130. The molecule has 2 N–H and O–H groups in total. The normalized spacial score (nSPS) is 21.5. The standard InChI is InChI=1S/C14H16BrN3O4/c1-4-14(2)12(20)18(13(21)17-14)16-7-8-5-9(15)11(19)10(6-8)22-3/h5-7,19H,4H2,1-3H3,(H,17,21). The largest absolute Gasteiger partial charge is 0.503 e. The van der Waals surface area contributed by atoms with E-state index in [1.807, 2.05) is 6.92 Å². The van der Waals surface area contributed by atoms with Crippen molar-refractivity contribution in [2.24, 2.45) is 5.10 Å². The molecule has 1 heterocycles. The summed E-state index contributed by atoms with van der Waals surface area (Å²) in [5.41, 5.74) is -0.367. The van der Waals surface area contributed by atoms with Gasteiger partial charge in [0.05, 0.1) is 17.8 Å². The molecule has 2 rings (SSSR count). The molecule has 0 aromatic heterocycles. The van der Waals surface area contributed by atoms with Crippen molar-refractivity contribution in [3.05, 3.63) is 22.2 Å². The highest BCUT2D eigenvalue weighted by Crippen LogP contribution is 2.34. The number of amides is 3. The molecule has 1 aliphatic rings. The van der Waals surface area contributed by atoms with Gasteiger partial charge in [-0.1, -0.05) is 6.92 Å². The number of hydrogen-bond acceptors (Lipinski definition) is 5. The van der Waals surface area contributed by atoms with Crippen LogP contribution in [-0.2, 0) is 4.79 Å². The lowest BCUT2D eigenvalue weighted by Crippen LogP contribution is -2.42. The number of benzene rings is 1. The summed E-state index contributed by atoms with van der Waals surface area (Å²) in [5, 5.41) is 17.1. The first-order valence-corrected chi connectivity index (χ1v) is 7.39. The van der Waals surface area contributed by atoms with E-state index in [2.05, 4.69) is 26.3 Å². The number of halogens is 1. The SMILES string of the molecule is CCC1(C)NC(=O)N(N=Cc2cc(Br)c(O)c(OC)c2)C1=O. The zero-order valence-electron chi connectivity index (χ0n) is 12.4. The van der Waals surface area contributed by atoms with Gasteiger partial charge in [-0.2, -0.15) is 5.10 Å². The third-order valence-electron chi connectivity index (χ3n) is 3.54. The molecule has 3 amide bonds. The Labute approximate surface area is 136 Å². The molecule has 1 aliphatic heterocycles. The number of hydrogen-bond donors (Lipinski definition) is 2. The summed E-state index contributed by atoms with van der Waals surface area (Å²) in [4.78, 5) is 24.0. The summed E-state index contributed by atoms with van der Waals surface area (Å²) in [6, 6.07) is 2.58. The fourth-order valence-corrected chi connectivity index (χ4v) is 2.42. The Bertz CT molecular complexity index is 662. The maximum absolute atomic E-state index is 12.2. The van der Waals surface area contributed by atoms with Crippen LogP contribution in [0.1, 0.15) is 25.8 Å². The van der Waals surface area contributed by atoms with Crippen molar-refractivity contribution in [1.82, 2.24) is 10.3 Å². The van der Waals surface area contributed by atoms with Crippen LogP contribution in [0.5, 0.6) is 11.5 Å². The molecule has 8 heteroatoms. The molecule has 1 unspecified atom stereocenters. The lowest BCUT2D eigenvalue weighted by atomic mass is 10.00. The Morgan fingerprint density at radius 3 is 2.73 bits per heavy atom. The van der Waals surface area contributed by atoms with Gasteiger partial charge in [0.15, 0.2) is 11.5 Å². The van der Waals surface area contributed by atoms with Crippen LogP contribution in [-0.4, -0.2) is 40.9 Å². The minimum Gasteiger partial charge on any atom is -0.503 e. The number of rotatable bonds is 4. The van der Waals surface area contributed by atoms with Gasteiger partial charge in [-0.15, -0.1) is 5.01 Å². The molecule has 1 saturated heterocycles. The van der Waals surface area contributed by atoms with Crippen LogP contribution in [0.25, 0.3) is 0 Å². The molecule has 22 heavy (non-hydrogen) atoms. The molecule has 118 valence electrons. The van der Waals surface area contributed by atoms with Gasteiger partial charge in [0.1, 0.15) is 5.54 Å². The summed E-state index contributed by atoms with van der Waals surface area (Å²) in [6.07, 6.45) is 1.83. The summed E-state index contributed by atoms with van der Waals surface area (Å²) in [6.45, 7) is 3.47. The van der Waals surface area contributed by atoms with Crippen molar-refractivity contribution in [2.45, 2.75) is 25.8 Å². The zero-order valence-corrected chi connectivity index (χ0v) is 14.0. The number of carbonyl (C=O) groups is 2. The number of carbonyl (C=O) groups excluding carboxylic acids is 2. The van der Waals surface area contributed by atoms with Gasteiger partial charge in [0, 0.05) is 0 Å². The van der Waals surface area contributed by atoms with Crippen LogP contribution < -0.4 is 10.1 Å². The van der Waals surface area contributed by atoms with E-state index in [1.165, 1.54) is 13.3 Å². The van der Waals surface area contributed by atoms with Gasteiger partial charge in [-0.25, -0.2) is 4.79 Å². The molecule has 1 fully saturated rings. The molecule has 0 saturated carbocycles. The average molecular weight is 370 g/mol. The van der Waals surface area contributed by atoms with E-state index in [1.54, 1.807) is 19.1 Å². The Morgan fingerprint density at radius 1 is 1.50 bits per heavy atom. The quantitative estimate of drug-likeness (QED) is 0.628. The van der Waals surface area contributed by atoms with E-state index in [9.17, 15) is 14.7 Å². The van der Waals surface area contributed by atoms with Crippen LogP contribution in [0.4, 0.5) is 4.79 Å². The van der Waals surface area contributed by atoms with Gasteiger partial charge in [-0.3, -0.25) is 4.79 Å². The molecule has 0 radical (unpaired) electrons. The Hall–Kier alpha value is -2.09. The van der Waals surface area contributed by atoms with Gasteiger partial charge >= 0.3 is 6.03 Å². The first kappa shape index (κ1) is 16.3. The minimum atomic E-state index is -0.929. The maximum Gasteiger partial charge on any atom is 0.346 e. The fourth-order valence-electron chi connectivity index (χ4n) is 1.96. The number of phenolic OH excluding ortho intramolecular Hbond substituents is 1. The van der Waals surface area contributed by atoms with E-state index in [-0.39, 0.29) is 11.5 Å². The number of ether oxygens (including phenoxy) is 1. The van der Waals surface area contributed by atoms with E-state index in [0.717, 1.165) is 5.01 Å². The highest BCUT2D eigenvalue weighted by Gasteiger charge is 2.46. The minimum absolute atomic E-state index is 0.0341. The molecule has 0 bridgehead atoms. The molecule has 0 spiro atoms. The monoisotopic (exact) mass is 369 g/mol. The van der Waals surface area contributed by atoms with Crippen molar-refractivity contribution in [3.8, 4) is 11.5 Å². The van der Waals surface area contributed by atoms with Crippen LogP contribution in [0, 0.1) is 0 Å². The highest BCUT2D eigenvalue weighted by molar-refractivity contribution is 9.10. The van der Waals surface area contributed by atoms with E-state index >= 15 is 0 Å². The maximum atomic E-state index is 12.2. The second-order valence-corrected chi connectivity index (χ2v) is 5.89. The lowest BCUT2D eigenvalue weighted by Gasteiger charge is -2.17. The summed E-state index contributed by atoms with van der Waals surface area (Å²) >= 11 is 3.19. The molecular formula is C14H16BrN3O4. The molecule has 1 aromatic carbocycles. The second-order valence-electron chi connectivity index (χ2n) is 5.03. The second kappa shape index (κ2) is 5.96. The van der Waals surface area contributed by atoms with Gasteiger partial charge in [-0.05, 0) is 47.0 Å². The van der Waals surface area contributed by atoms with Crippen molar-refractivity contribution in [1.29, 1.82) is 0 Å². The number of nitrogens with one attached hydrogen (secondary N) is 1. The van der Waals surface area contributed by atoms with Crippen molar-refractivity contribution in [2.75, 3.05) is 7.11 Å². The van der Waals surface area contributed by atoms with E-state index in [0.29, 0.717) is 16.5 Å². The molecule has 1 aromatic rings. The Kier molecular flexibility index (Phi) is 4.41. The number of phenols is 1. The third-order valence-corrected chi connectivity index (χ3v) is 4.14. The number of hydrazone groups is 1. The Balaban J connectivity index is 2.28. The topological polar surface area (TPSA) is 91.2 Å². The molecule has 7 nitrogen and oxygen atoms in total. The van der Waals surface area contributed by atoms with Crippen LogP contribution in [0.2, 0.25) is 0 Å². The summed E-state index contributed by atoms with van der Waals surface area (Å²) < 4.78 is 5.45. The van der Waals surface area contributed by atoms with Crippen LogP contribution in [0.15, 0.2) is 21.7 Å². The zero-order chi connectivity index (χ0) is 16.5. The van der Waals surface area contributed by atoms with Crippen LogP contribution in [0.3, 0.4) is 0 Å². The molecule has 0 aliphatic carbocycles. The first-order chi connectivity index (χ1) is 10.3. The van der Waals surface area contributed by atoms with Crippen molar-refractivity contribution >= 4 is 34.1 Å².